The summed E-state index contributed by atoms with van der Waals surface area (Å²) >= 11 is 6.62. The molecule has 0 fully saturated rings. The van der Waals surface area contributed by atoms with E-state index in [4.69, 9.17) is 21.1 Å². The third kappa shape index (κ3) is 3.73. The van der Waals surface area contributed by atoms with Crippen LogP contribution in [-0.4, -0.2) is 19.9 Å². The minimum Gasteiger partial charge on any atom is -0.618 e. The molecule has 2 aromatic carbocycles. The van der Waals surface area contributed by atoms with Crippen LogP contribution in [0.4, 0.5) is 0 Å². The zero-order valence-corrected chi connectivity index (χ0v) is 19.6. The van der Waals surface area contributed by atoms with Gasteiger partial charge in [0.1, 0.15) is 28.0 Å². The van der Waals surface area contributed by atoms with Crippen LogP contribution in [0.1, 0.15) is 12.6 Å². The number of rotatable bonds is 5. The van der Waals surface area contributed by atoms with Gasteiger partial charge in [0.15, 0.2) is 12.4 Å². The van der Waals surface area contributed by atoms with E-state index in [9.17, 15) is 10.4 Å². The number of aromatic nitrogens is 6. The van der Waals surface area contributed by atoms with E-state index in [1.807, 2.05) is 13.0 Å². The van der Waals surface area contributed by atoms with Crippen molar-refractivity contribution in [2.45, 2.75) is 13.3 Å². The van der Waals surface area contributed by atoms with E-state index in [1.54, 1.807) is 42.5 Å². The lowest BCUT2D eigenvalue weighted by atomic mass is 10.2. The second kappa shape index (κ2) is 8.51. The lowest BCUT2D eigenvalue weighted by Crippen LogP contribution is -2.26. The first-order valence-corrected chi connectivity index (χ1v) is 11.4. The van der Waals surface area contributed by atoms with Crippen molar-refractivity contribution < 1.29 is 18.9 Å². The van der Waals surface area contributed by atoms with Crippen LogP contribution in [-0.2, 0) is 6.42 Å². The second-order valence-corrected chi connectivity index (χ2v) is 8.35. The number of aromatic amines is 1. The summed E-state index contributed by atoms with van der Waals surface area (Å²) < 4.78 is 13.6. The molecule has 0 saturated heterocycles. The standard InChI is InChI=1S/C25H17ClN6O4/c1-2-17-22(26)21-23(28-17)29-25(36-15-5-7-19-14(12-15)4-3-10-31(19)33)30-24(21)35-16-6-8-20-18(13-16)27-9-11-32(20)34/h3-13H,2H2,1H3,(H,28,29,30). The highest BCUT2D eigenvalue weighted by atomic mass is 35.5. The van der Waals surface area contributed by atoms with E-state index in [0.29, 0.717) is 55.9 Å². The lowest BCUT2D eigenvalue weighted by Gasteiger charge is -2.10. The minimum atomic E-state index is 0.0275. The topological polar surface area (TPSA) is 127 Å². The molecular formula is C25H17ClN6O4. The number of halogens is 1. The molecule has 0 spiro atoms. The Morgan fingerprint density at radius 2 is 1.72 bits per heavy atom. The molecule has 0 unspecified atom stereocenters. The highest BCUT2D eigenvalue weighted by Gasteiger charge is 2.20. The fourth-order valence-electron chi connectivity index (χ4n) is 3.98. The number of pyridine rings is 1. The van der Waals surface area contributed by atoms with Crippen LogP contribution in [0, 0.1) is 10.4 Å². The van der Waals surface area contributed by atoms with Crippen molar-refractivity contribution in [1.29, 1.82) is 0 Å². The molecular weight excluding hydrogens is 484 g/mol. The first kappa shape index (κ1) is 21.8. The van der Waals surface area contributed by atoms with Crippen molar-refractivity contribution in [1.82, 2.24) is 19.9 Å². The number of benzene rings is 2. The van der Waals surface area contributed by atoms with Gasteiger partial charge in [0.25, 0.3) is 0 Å². The highest BCUT2D eigenvalue weighted by molar-refractivity contribution is 6.36. The second-order valence-electron chi connectivity index (χ2n) is 7.97. The molecule has 10 nitrogen and oxygen atoms in total. The predicted octanol–water partition coefficient (Wildman–Crippen LogP) is 4.73. The summed E-state index contributed by atoms with van der Waals surface area (Å²) in [6.45, 7) is 1.96. The summed E-state index contributed by atoms with van der Waals surface area (Å²) in [5.74, 6) is 1.04. The number of H-pyrrole nitrogens is 1. The van der Waals surface area contributed by atoms with Crippen molar-refractivity contribution >= 4 is 44.6 Å². The Balaban J connectivity index is 1.43. The Kier molecular flexibility index (Phi) is 5.15. The van der Waals surface area contributed by atoms with Gasteiger partial charge in [-0.05, 0) is 30.7 Å². The molecule has 6 rings (SSSR count). The van der Waals surface area contributed by atoms with Gasteiger partial charge in [0.2, 0.25) is 16.9 Å². The van der Waals surface area contributed by atoms with E-state index in [0.717, 1.165) is 15.2 Å². The van der Waals surface area contributed by atoms with Crippen LogP contribution in [0.25, 0.3) is 33.0 Å². The van der Waals surface area contributed by atoms with E-state index in [-0.39, 0.29) is 11.9 Å². The molecule has 178 valence electrons. The van der Waals surface area contributed by atoms with Crippen LogP contribution in [0.15, 0.2) is 67.1 Å². The fraction of sp³-hybridized carbons (Fsp3) is 0.0800. The van der Waals surface area contributed by atoms with Crippen molar-refractivity contribution in [3.63, 3.8) is 0 Å². The maximum Gasteiger partial charge on any atom is 0.327 e. The normalized spacial score (nSPS) is 11.4. The van der Waals surface area contributed by atoms with Gasteiger partial charge in [0, 0.05) is 30.0 Å². The molecule has 4 aromatic heterocycles. The van der Waals surface area contributed by atoms with Crippen LogP contribution in [0.2, 0.25) is 5.02 Å². The molecule has 0 aliphatic rings. The minimum absolute atomic E-state index is 0.0275. The number of aryl methyl sites for hydroxylation is 1. The summed E-state index contributed by atoms with van der Waals surface area (Å²) in [6.07, 6.45) is 4.83. The van der Waals surface area contributed by atoms with Gasteiger partial charge in [-0.25, -0.2) is 4.98 Å². The number of ether oxygens (including phenoxy) is 2. The van der Waals surface area contributed by atoms with E-state index < -0.39 is 0 Å². The molecule has 4 heterocycles. The molecule has 0 atom stereocenters. The number of nitrogens with one attached hydrogen (secondary N) is 1. The summed E-state index contributed by atoms with van der Waals surface area (Å²) in [5.41, 5.74) is 2.62. The molecule has 0 amide bonds. The van der Waals surface area contributed by atoms with Crippen molar-refractivity contribution in [3.8, 4) is 23.4 Å². The molecule has 6 aromatic rings. The van der Waals surface area contributed by atoms with Crippen LogP contribution < -0.4 is 18.9 Å². The molecule has 0 aliphatic heterocycles. The number of hydrogen-bond acceptors (Lipinski definition) is 7. The maximum atomic E-state index is 12.0. The fourth-order valence-corrected chi connectivity index (χ4v) is 4.34. The third-order valence-electron chi connectivity index (χ3n) is 5.72. The monoisotopic (exact) mass is 500 g/mol. The molecule has 1 N–H and O–H groups in total. The van der Waals surface area contributed by atoms with Crippen LogP contribution in [0.3, 0.4) is 0 Å². The molecule has 0 saturated carbocycles. The maximum absolute atomic E-state index is 12.0. The summed E-state index contributed by atoms with van der Waals surface area (Å²) in [7, 11) is 0. The number of nitrogens with zero attached hydrogens (tertiary/aromatic N) is 5. The summed E-state index contributed by atoms with van der Waals surface area (Å²) in [5, 5.41) is 25.6. The smallest absolute Gasteiger partial charge is 0.327 e. The third-order valence-corrected chi connectivity index (χ3v) is 6.14. The van der Waals surface area contributed by atoms with Crippen molar-refractivity contribution in [3.05, 3.63) is 88.3 Å². The average Bonchev–Trinajstić information content (AvgIpc) is 3.20. The Morgan fingerprint density at radius 1 is 0.944 bits per heavy atom. The Morgan fingerprint density at radius 3 is 2.56 bits per heavy atom. The Hall–Kier alpha value is -4.70. The first-order valence-electron chi connectivity index (χ1n) is 11.0. The Bertz CT molecular complexity index is 1790. The summed E-state index contributed by atoms with van der Waals surface area (Å²) in [6, 6.07) is 13.5. The van der Waals surface area contributed by atoms with Gasteiger partial charge in [-0.3, -0.25) is 0 Å². The SMILES string of the molecule is CCc1[nH]c2nc(Oc3ccc4c(ccc[n+]4[O-])c3)nc(Oc3ccc4c(c3)ncc[n+]4[O-])c2c1Cl. The predicted molar refractivity (Wildman–Crippen MR) is 132 cm³/mol. The molecule has 0 bridgehead atoms. The first-order chi connectivity index (χ1) is 17.5. The van der Waals surface area contributed by atoms with E-state index >= 15 is 0 Å². The van der Waals surface area contributed by atoms with Gasteiger partial charge in [-0.15, -0.1) is 0 Å². The average molecular weight is 501 g/mol. The number of hydrogen-bond donors (Lipinski definition) is 1. The number of fused-ring (bicyclic) bond motifs is 3. The summed E-state index contributed by atoms with van der Waals surface area (Å²) in [4.78, 5) is 16.4. The quantitative estimate of drug-likeness (QED) is 0.268. The van der Waals surface area contributed by atoms with E-state index in [1.165, 1.54) is 18.6 Å². The van der Waals surface area contributed by atoms with Crippen molar-refractivity contribution in [2.75, 3.05) is 0 Å². The van der Waals surface area contributed by atoms with E-state index in [2.05, 4.69) is 19.9 Å². The largest absolute Gasteiger partial charge is 0.618 e. The van der Waals surface area contributed by atoms with Crippen molar-refractivity contribution in [2.24, 2.45) is 0 Å². The zero-order chi connectivity index (χ0) is 24.8. The van der Waals surface area contributed by atoms with Gasteiger partial charge < -0.3 is 24.9 Å². The molecule has 0 aliphatic carbocycles. The van der Waals surface area contributed by atoms with Gasteiger partial charge in [-0.1, -0.05) is 18.5 Å². The van der Waals surface area contributed by atoms with Crippen LogP contribution in [0.5, 0.6) is 23.4 Å². The Labute approximate surface area is 208 Å². The van der Waals surface area contributed by atoms with Gasteiger partial charge in [-0.2, -0.15) is 19.4 Å². The highest BCUT2D eigenvalue weighted by Crippen LogP contribution is 2.37. The lowest BCUT2D eigenvalue weighted by molar-refractivity contribution is -0.577. The van der Waals surface area contributed by atoms with Gasteiger partial charge in [0.05, 0.1) is 16.6 Å². The molecule has 36 heavy (non-hydrogen) atoms. The zero-order valence-electron chi connectivity index (χ0n) is 18.8. The van der Waals surface area contributed by atoms with Crippen LogP contribution >= 0.6 is 11.6 Å². The van der Waals surface area contributed by atoms with Gasteiger partial charge >= 0.3 is 6.01 Å². The molecule has 0 radical (unpaired) electrons. The molecule has 11 heteroatoms.